The summed E-state index contributed by atoms with van der Waals surface area (Å²) in [6.45, 7) is 0.392. The molecule has 0 bridgehead atoms. The largest absolute Gasteiger partial charge is 0.349 e. The molecule has 18 heavy (non-hydrogen) atoms. The molecule has 1 N–H and O–H groups in total. The first-order chi connectivity index (χ1) is 8.77. The standard InChI is InChI=1S/C14H17N3O/c15-11-14(7-3-1-4-8-14)13(18)17-10-12-6-2-5-9-16-12/h2,5-6,9H,1,3-4,7-8,10H2,(H,17,18). The molecule has 0 radical (unpaired) electrons. The number of hydrogen-bond donors (Lipinski definition) is 1. The average Bonchev–Trinajstić information content (AvgIpc) is 2.46. The Hall–Kier alpha value is -1.89. The van der Waals surface area contributed by atoms with Gasteiger partial charge in [-0.15, -0.1) is 0 Å². The smallest absolute Gasteiger partial charge is 0.240 e. The van der Waals surface area contributed by atoms with Gasteiger partial charge in [0, 0.05) is 6.20 Å². The van der Waals surface area contributed by atoms with Crippen molar-refractivity contribution < 1.29 is 4.79 Å². The first-order valence-corrected chi connectivity index (χ1v) is 6.36. The third kappa shape index (κ3) is 2.67. The van der Waals surface area contributed by atoms with Gasteiger partial charge in [0.2, 0.25) is 5.91 Å². The molecule has 0 unspecified atom stereocenters. The van der Waals surface area contributed by atoms with Crippen LogP contribution in [-0.4, -0.2) is 10.9 Å². The van der Waals surface area contributed by atoms with Crippen LogP contribution < -0.4 is 5.32 Å². The highest BCUT2D eigenvalue weighted by Crippen LogP contribution is 2.35. The molecule has 1 amide bonds. The second kappa shape index (κ2) is 5.63. The lowest BCUT2D eigenvalue weighted by Crippen LogP contribution is -2.41. The van der Waals surface area contributed by atoms with E-state index in [1.807, 2.05) is 18.2 Å². The van der Waals surface area contributed by atoms with Gasteiger partial charge in [0.25, 0.3) is 0 Å². The van der Waals surface area contributed by atoms with Crippen molar-refractivity contribution in [2.45, 2.75) is 38.6 Å². The fourth-order valence-electron chi connectivity index (χ4n) is 2.39. The molecule has 1 saturated carbocycles. The Bertz CT molecular complexity index is 444. The summed E-state index contributed by atoms with van der Waals surface area (Å²) >= 11 is 0. The van der Waals surface area contributed by atoms with Crippen LogP contribution in [0.15, 0.2) is 24.4 Å². The van der Waals surface area contributed by atoms with E-state index in [0.29, 0.717) is 19.4 Å². The predicted molar refractivity (Wildman–Crippen MR) is 67.2 cm³/mol. The average molecular weight is 243 g/mol. The van der Waals surface area contributed by atoms with Crippen molar-refractivity contribution in [3.05, 3.63) is 30.1 Å². The molecule has 0 spiro atoms. The zero-order valence-electron chi connectivity index (χ0n) is 10.4. The summed E-state index contributed by atoms with van der Waals surface area (Å²) in [7, 11) is 0. The lowest BCUT2D eigenvalue weighted by Gasteiger charge is -2.29. The lowest BCUT2D eigenvalue weighted by atomic mass is 9.74. The maximum Gasteiger partial charge on any atom is 0.240 e. The van der Waals surface area contributed by atoms with E-state index >= 15 is 0 Å². The zero-order valence-corrected chi connectivity index (χ0v) is 10.4. The molecule has 1 aliphatic carbocycles. The van der Waals surface area contributed by atoms with E-state index in [9.17, 15) is 10.1 Å². The van der Waals surface area contributed by atoms with Crippen LogP contribution in [0, 0.1) is 16.7 Å². The number of carbonyl (C=O) groups is 1. The van der Waals surface area contributed by atoms with Crippen molar-refractivity contribution in [3.63, 3.8) is 0 Å². The zero-order chi connectivity index (χ0) is 12.8. The molecule has 4 heteroatoms. The van der Waals surface area contributed by atoms with E-state index in [0.717, 1.165) is 25.0 Å². The first kappa shape index (κ1) is 12.6. The normalized spacial score (nSPS) is 17.7. The Kier molecular flexibility index (Phi) is 3.93. The Morgan fingerprint density at radius 3 is 2.78 bits per heavy atom. The number of amides is 1. The first-order valence-electron chi connectivity index (χ1n) is 6.36. The van der Waals surface area contributed by atoms with E-state index in [1.165, 1.54) is 0 Å². The molecular weight excluding hydrogens is 226 g/mol. The maximum absolute atomic E-state index is 12.2. The number of carbonyl (C=O) groups excluding carboxylic acids is 1. The molecule has 1 fully saturated rings. The van der Waals surface area contributed by atoms with E-state index in [4.69, 9.17) is 0 Å². The number of aromatic nitrogens is 1. The second-order valence-electron chi connectivity index (χ2n) is 4.76. The van der Waals surface area contributed by atoms with Crippen molar-refractivity contribution in [3.8, 4) is 6.07 Å². The Morgan fingerprint density at radius 2 is 2.17 bits per heavy atom. The van der Waals surface area contributed by atoms with Crippen LogP contribution in [0.2, 0.25) is 0 Å². The summed E-state index contributed by atoms with van der Waals surface area (Å²) in [6, 6.07) is 7.80. The van der Waals surface area contributed by atoms with E-state index < -0.39 is 5.41 Å². The highest BCUT2D eigenvalue weighted by molar-refractivity contribution is 5.85. The van der Waals surface area contributed by atoms with Gasteiger partial charge in [-0.05, 0) is 25.0 Å². The fraction of sp³-hybridized carbons (Fsp3) is 0.500. The van der Waals surface area contributed by atoms with E-state index in [1.54, 1.807) is 6.20 Å². The fourth-order valence-corrected chi connectivity index (χ4v) is 2.39. The molecule has 1 aliphatic rings. The van der Waals surface area contributed by atoms with Gasteiger partial charge in [0.15, 0.2) is 0 Å². The summed E-state index contributed by atoms with van der Waals surface area (Å²) in [4.78, 5) is 16.3. The number of nitriles is 1. The molecule has 0 aliphatic heterocycles. The van der Waals surface area contributed by atoms with Gasteiger partial charge in [0.05, 0.1) is 18.3 Å². The molecular formula is C14H17N3O. The van der Waals surface area contributed by atoms with Crippen molar-refractivity contribution >= 4 is 5.91 Å². The Balaban J connectivity index is 1.97. The summed E-state index contributed by atoms with van der Waals surface area (Å²) in [5.74, 6) is -0.143. The summed E-state index contributed by atoms with van der Waals surface area (Å²) in [6.07, 6.45) is 6.10. The van der Waals surface area contributed by atoms with Crippen molar-refractivity contribution in [2.75, 3.05) is 0 Å². The quantitative estimate of drug-likeness (QED) is 0.884. The Morgan fingerprint density at radius 1 is 1.39 bits per heavy atom. The number of hydrogen-bond acceptors (Lipinski definition) is 3. The van der Waals surface area contributed by atoms with Gasteiger partial charge >= 0.3 is 0 Å². The maximum atomic E-state index is 12.2. The van der Waals surface area contributed by atoms with Crippen LogP contribution in [0.1, 0.15) is 37.8 Å². The van der Waals surface area contributed by atoms with Gasteiger partial charge in [-0.2, -0.15) is 5.26 Å². The highest BCUT2D eigenvalue weighted by atomic mass is 16.2. The highest BCUT2D eigenvalue weighted by Gasteiger charge is 2.39. The van der Waals surface area contributed by atoms with Gasteiger partial charge in [-0.1, -0.05) is 25.3 Å². The third-order valence-electron chi connectivity index (χ3n) is 3.51. The molecule has 94 valence electrons. The van der Waals surface area contributed by atoms with Crippen molar-refractivity contribution in [1.82, 2.24) is 10.3 Å². The molecule has 0 saturated heterocycles. The van der Waals surface area contributed by atoms with E-state index in [-0.39, 0.29) is 5.91 Å². The molecule has 0 atom stereocenters. The molecule has 1 heterocycles. The van der Waals surface area contributed by atoms with Crippen LogP contribution in [-0.2, 0) is 11.3 Å². The SMILES string of the molecule is N#CC1(C(=O)NCc2ccccn2)CCCCC1. The second-order valence-corrected chi connectivity index (χ2v) is 4.76. The minimum atomic E-state index is -0.812. The minimum absolute atomic E-state index is 0.143. The number of pyridine rings is 1. The molecule has 1 aromatic rings. The van der Waals surface area contributed by atoms with Crippen LogP contribution >= 0.6 is 0 Å². The van der Waals surface area contributed by atoms with E-state index in [2.05, 4.69) is 16.4 Å². The van der Waals surface area contributed by atoms with Crippen LogP contribution in [0.5, 0.6) is 0 Å². The van der Waals surface area contributed by atoms with Crippen LogP contribution in [0.3, 0.4) is 0 Å². The van der Waals surface area contributed by atoms with Crippen molar-refractivity contribution in [1.29, 1.82) is 5.26 Å². The Labute approximate surface area is 107 Å². The van der Waals surface area contributed by atoms with Crippen LogP contribution in [0.4, 0.5) is 0 Å². The number of nitrogens with zero attached hydrogens (tertiary/aromatic N) is 2. The predicted octanol–water partition coefficient (Wildman–Crippen LogP) is 2.17. The summed E-state index contributed by atoms with van der Waals surface area (Å²) in [5.41, 5.74) is 0.00211. The van der Waals surface area contributed by atoms with Gasteiger partial charge < -0.3 is 5.32 Å². The monoisotopic (exact) mass is 243 g/mol. The third-order valence-corrected chi connectivity index (χ3v) is 3.51. The van der Waals surface area contributed by atoms with Crippen LogP contribution in [0.25, 0.3) is 0 Å². The molecule has 1 aromatic heterocycles. The molecule has 4 nitrogen and oxygen atoms in total. The topological polar surface area (TPSA) is 65.8 Å². The summed E-state index contributed by atoms with van der Waals surface area (Å²) < 4.78 is 0. The summed E-state index contributed by atoms with van der Waals surface area (Å²) in [5, 5.41) is 12.1. The minimum Gasteiger partial charge on any atom is -0.349 e. The number of rotatable bonds is 3. The van der Waals surface area contributed by atoms with Gasteiger partial charge in [0.1, 0.15) is 5.41 Å². The van der Waals surface area contributed by atoms with Gasteiger partial charge in [-0.25, -0.2) is 0 Å². The van der Waals surface area contributed by atoms with Crippen molar-refractivity contribution in [2.24, 2.45) is 5.41 Å². The molecule has 0 aromatic carbocycles. The van der Waals surface area contributed by atoms with Gasteiger partial charge in [-0.3, -0.25) is 9.78 Å². The number of nitrogens with one attached hydrogen (secondary N) is 1. The lowest BCUT2D eigenvalue weighted by molar-refractivity contribution is -0.129. The molecule has 2 rings (SSSR count).